The molecule has 0 aromatic heterocycles. The SMILES string of the molecule is CCOC1C[C@]2(C(=O)N(CC)CC)C(=O)Oc3ccccc3[C@]12CC. The number of ether oxygens (including phenoxy) is 2. The predicted octanol–water partition coefficient (Wildman–Crippen LogP) is 2.92. The van der Waals surface area contributed by atoms with Gasteiger partial charge in [0, 0.05) is 31.7 Å². The van der Waals surface area contributed by atoms with Crippen LogP contribution in [-0.4, -0.2) is 42.6 Å². The molecule has 0 saturated heterocycles. The van der Waals surface area contributed by atoms with E-state index in [1.807, 2.05) is 45.9 Å². The van der Waals surface area contributed by atoms with Crippen LogP contribution in [0.2, 0.25) is 0 Å². The fraction of sp³-hybridized carbons (Fsp3) is 0.600. The van der Waals surface area contributed by atoms with Gasteiger partial charge in [-0.3, -0.25) is 9.59 Å². The quantitative estimate of drug-likeness (QED) is 0.452. The highest BCUT2D eigenvalue weighted by Crippen LogP contribution is 2.66. The van der Waals surface area contributed by atoms with Crippen molar-refractivity contribution in [2.45, 2.75) is 52.1 Å². The van der Waals surface area contributed by atoms with Crippen LogP contribution in [0.15, 0.2) is 24.3 Å². The summed E-state index contributed by atoms with van der Waals surface area (Å²) in [6, 6.07) is 7.56. The highest BCUT2D eigenvalue weighted by molar-refractivity contribution is 6.08. The van der Waals surface area contributed by atoms with Gasteiger partial charge in [0.2, 0.25) is 5.91 Å². The lowest BCUT2D eigenvalue weighted by Gasteiger charge is -2.63. The highest BCUT2D eigenvalue weighted by atomic mass is 16.5. The molecule has 1 unspecified atom stereocenters. The standard InChI is InChI=1S/C20H27NO4/c1-5-19-14-11-9-10-12-15(14)25-18(23)20(19,13-16(19)24-8-4)17(22)21(6-2)7-3/h9-12,16H,5-8,13H2,1-4H3/t16?,19-,20+/m1/s1. The van der Waals surface area contributed by atoms with Gasteiger partial charge in [0.1, 0.15) is 5.75 Å². The Morgan fingerprint density at radius 3 is 2.52 bits per heavy atom. The molecule has 5 nitrogen and oxygen atoms in total. The molecule has 1 amide bonds. The molecule has 0 radical (unpaired) electrons. The second-order valence-corrected chi connectivity index (χ2v) is 6.74. The minimum atomic E-state index is -1.18. The van der Waals surface area contributed by atoms with E-state index >= 15 is 0 Å². The van der Waals surface area contributed by atoms with Crippen molar-refractivity contribution >= 4 is 11.9 Å². The van der Waals surface area contributed by atoms with Crippen molar-refractivity contribution in [1.82, 2.24) is 4.90 Å². The first-order valence-corrected chi connectivity index (χ1v) is 9.26. The van der Waals surface area contributed by atoms with E-state index in [2.05, 4.69) is 0 Å². The lowest BCUT2D eigenvalue weighted by Crippen LogP contribution is -2.76. The topological polar surface area (TPSA) is 55.8 Å². The van der Waals surface area contributed by atoms with Crippen LogP contribution >= 0.6 is 0 Å². The zero-order chi connectivity index (χ0) is 18.2. The van der Waals surface area contributed by atoms with Crippen molar-refractivity contribution in [3.05, 3.63) is 29.8 Å². The van der Waals surface area contributed by atoms with Gasteiger partial charge in [-0.15, -0.1) is 0 Å². The monoisotopic (exact) mass is 345 g/mol. The van der Waals surface area contributed by atoms with E-state index in [1.54, 1.807) is 11.0 Å². The molecule has 25 heavy (non-hydrogen) atoms. The second-order valence-electron chi connectivity index (χ2n) is 6.74. The molecule has 0 bridgehead atoms. The van der Waals surface area contributed by atoms with Gasteiger partial charge in [-0.05, 0) is 33.3 Å². The van der Waals surface area contributed by atoms with Crippen LogP contribution in [0.5, 0.6) is 5.75 Å². The van der Waals surface area contributed by atoms with E-state index in [-0.39, 0.29) is 12.0 Å². The van der Waals surface area contributed by atoms with Crippen LogP contribution in [0, 0.1) is 5.41 Å². The minimum Gasteiger partial charge on any atom is -0.425 e. The van der Waals surface area contributed by atoms with Crippen molar-refractivity contribution in [2.24, 2.45) is 5.41 Å². The van der Waals surface area contributed by atoms with Crippen LogP contribution in [0.3, 0.4) is 0 Å². The van der Waals surface area contributed by atoms with E-state index in [0.29, 0.717) is 38.3 Å². The third-order valence-corrected chi connectivity index (χ3v) is 6.06. The summed E-state index contributed by atoms with van der Waals surface area (Å²) in [4.78, 5) is 28.3. The number of esters is 1. The molecule has 0 spiro atoms. The van der Waals surface area contributed by atoms with Crippen LogP contribution in [-0.2, 0) is 19.7 Å². The fourth-order valence-corrected chi connectivity index (χ4v) is 4.83. The molecule has 1 saturated carbocycles. The maximum absolute atomic E-state index is 13.4. The summed E-state index contributed by atoms with van der Waals surface area (Å²) in [5.41, 5.74) is -0.918. The molecule has 2 aliphatic rings. The third-order valence-electron chi connectivity index (χ3n) is 6.06. The van der Waals surface area contributed by atoms with Crippen molar-refractivity contribution in [3.63, 3.8) is 0 Å². The zero-order valence-corrected chi connectivity index (χ0v) is 15.5. The lowest BCUT2D eigenvalue weighted by molar-refractivity contribution is -0.209. The normalized spacial score (nSPS) is 29.9. The molecule has 1 aromatic carbocycles. The Bertz CT molecular complexity index is 684. The average Bonchev–Trinajstić information content (AvgIpc) is 2.60. The van der Waals surface area contributed by atoms with E-state index < -0.39 is 16.8 Å². The van der Waals surface area contributed by atoms with Gasteiger partial charge in [0.05, 0.1) is 11.5 Å². The predicted molar refractivity (Wildman–Crippen MR) is 94.4 cm³/mol. The summed E-state index contributed by atoms with van der Waals surface area (Å²) in [6.07, 6.45) is 0.879. The Morgan fingerprint density at radius 1 is 1.24 bits per heavy atom. The number of para-hydroxylation sites is 1. The van der Waals surface area contributed by atoms with Crippen molar-refractivity contribution in [2.75, 3.05) is 19.7 Å². The first kappa shape index (κ1) is 17.9. The summed E-state index contributed by atoms with van der Waals surface area (Å²) in [5.74, 6) is -0.00238. The minimum absolute atomic E-state index is 0.130. The van der Waals surface area contributed by atoms with E-state index in [0.717, 1.165) is 5.56 Å². The molecular formula is C20H27NO4. The van der Waals surface area contributed by atoms with Gasteiger partial charge in [-0.25, -0.2) is 0 Å². The fourth-order valence-electron chi connectivity index (χ4n) is 4.83. The molecule has 5 heteroatoms. The van der Waals surface area contributed by atoms with Gasteiger partial charge in [0.25, 0.3) is 0 Å². The third kappa shape index (κ3) is 2.11. The smallest absolute Gasteiger partial charge is 0.328 e. The van der Waals surface area contributed by atoms with E-state index in [4.69, 9.17) is 9.47 Å². The lowest BCUT2D eigenvalue weighted by atomic mass is 9.42. The molecule has 1 heterocycles. The number of nitrogens with zero attached hydrogens (tertiary/aromatic N) is 1. The maximum atomic E-state index is 13.4. The Labute approximate surface area is 149 Å². The number of amides is 1. The summed E-state index contributed by atoms with van der Waals surface area (Å²) >= 11 is 0. The van der Waals surface area contributed by atoms with E-state index in [9.17, 15) is 9.59 Å². The van der Waals surface area contributed by atoms with Gasteiger partial charge in [0.15, 0.2) is 5.41 Å². The Morgan fingerprint density at radius 2 is 1.92 bits per heavy atom. The number of carbonyl (C=O) groups is 2. The summed E-state index contributed by atoms with van der Waals surface area (Å²) in [5, 5.41) is 0. The average molecular weight is 345 g/mol. The Kier molecular flexibility index (Phi) is 4.62. The number of benzene rings is 1. The molecule has 1 aliphatic heterocycles. The number of hydrogen-bond acceptors (Lipinski definition) is 4. The van der Waals surface area contributed by atoms with Crippen molar-refractivity contribution in [1.29, 1.82) is 0 Å². The Balaban J connectivity index is 2.20. The maximum Gasteiger partial charge on any atom is 0.328 e. The van der Waals surface area contributed by atoms with Gasteiger partial charge in [-0.2, -0.15) is 0 Å². The molecule has 3 atom stereocenters. The van der Waals surface area contributed by atoms with Crippen LogP contribution in [0.1, 0.15) is 46.1 Å². The van der Waals surface area contributed by atoms with Gasteiger partial charge < -0.3 is 14.4 Å². The molecule has 1 aromatic rings. The highest BCUT2D eigenvalue weighted by Gasteiger charge is 2.77. The molecule has 1 aliphatic carbocycles. The van der Waals surface area contributed by atoms with Crippen LogP contribution in [0.4, 0.5) is 0 Å². The Hall–Kier alpha value is -1.88. The number of rotatable bonds is 6. The molecule has 136 valence electrons. The number of fused-ring (bicyclic) bond motifs is 3. The molecule has 1 fully saturated rings. The van der Waals surface area contributed by atoms with Crippen molar-refractivity contribution < 1.29 is 19.1 Å². The molecular weight excluding hydrogens is 318 g/mol. The summed E-state index contributed by atoms with van der Waals surface area (Å²) < 4.78 is 11.6. The number of carbonyl (C=O) groups excluding carboxylic acids is 2. The summed E-state index contributed by atoms with van der Waals surface area (Å²) in [7, 11) is 0. The van der Waals surface area contributed by atoms with Gasteiger partial charge in [-0.1, -0.05) is 25.1 Å². The van der Waals surface area contributed by atoms with Crippen LogP contribution in [0.25, 0.3) is 0 Å². The van der Waals surface area contributed by atoms with Gasteiger partial charge >= 0.3 is 5.97 Å². The van der Waals surface area contributed by atoms with E-state index in [1.165, 1.54) is 0 Å². The molecule has 3 rings (SSSR count). The first-order valence-electron chi connectivity index (χ1n) is 9.26. The summed E-state index contributed by atoms with van der Waals surface area (Å²) in [6.45, 7) is 9.56. The zero-order valence-electron chi connectivity index (χ0n) is 15.5. The largest absolute Gasteiger partial charge is 0.425 e. The first-order chi connectivity index (χ1) is 12.0. The number of hydrogen-bond donors (Lipinski definition) is 0. The van der Waals surface area contributed by atoms with Crippen molar-refractivity contribution in [3.8, 4) is 5.75 Å². The van der Waals surface area contributed by atoms with Crippen LogP contribution < -0.4 is 4.74 Å². The second kappa shape index (κ2) is 6.45. The molecule has 0 N–H and O–H groups in total.